The lowest BCUT2D eigenvalue weighted by Gasteiger charge is -2.32. The maximum atomic E-state index is 12.8. The normalized spacial score (nSPS) is 15.8. The molecule has 0 unspecified atom stereocenters. The highest BCUT2D eigenvalue weighted by Gasteiger charge is 2.26. The first-order chi connectivity index (χ1) is 11.9. The number of aromatic amines is 1. The minimum absolute atomic E-state index is 0.0421. The Hall–Kier alpha value is -2.37. The molecule has 6 nitrogen and oxygen atoms in total. The average molecular weight is 342 g/mol. The van der Waals surface area contributed by atoms with Gasteiger partial charge in [0.15, 0.2) is 0 Å². The van der Waals surface area contributed by atoms with Gasteiger partial charge in [-0.05, 0) is 37.3 Å². The second-order valence-corrected chi connectivity index (χ2v) is 7.30. The summed E-state index contributed by atoms with van der Waals surface area (Å²) in [7, 11) is 1.96. The molecular formula is C19H26N4O2. The third kappa shape index (κ3) is 4.00. The molecular weight excluding hydrogens is 316 g/mol. The van der Waals surface area contributed by atoms with Crippen LogP contribution in [0.3, 0.4) is 0 Å². The van der Waals surface area contributed by atoms with Crippen molar-refractivity contribution in [2.75, 3.05) is 13.1 Å². The standard InChI is InChI=1S/C19H26N4O2/c1-13(2)10-16-11-15(12-18(24)21-16)19(25)23-8-5-14(6-9-23)17-4-7-20-22(17)3/h4,7,11-14H,5-6,8-10H2,1-3H3,(H,21,24). The Morgan fingerprint density at radius 2 is 2.04 bits per heavy atom. The zero-order valence-electron chi connectivity index (χ0n) is 15.2. The molecule has 3 heterocycles. The van der Waals surface area contributed by atoms with Gasteiger partial charge in [0.1, 0.15) is 0 Å². The molecule has 0 radical (unpaired) electrons. The van der Waals surface area contributed by atoms with Crippen LogP contribution in [-0.2, 0) is 13.5 Å². The summed E-state index contributed by atoms with van der Waals surface area (Å²) in [6.45, 7) is 5.61. The summed E-state index contributed by atoms with van der Waals surface area (Å²) in [6, 6.07) is 5.30. The monoisotopic (exact) mass is 342 g/mol. The highest BCUT2D eigenvalue weighted by Crippen LogP contribution is 2.28. The van der Waals surface area contributed by atoms with Crippen molar-refractivity contribution in [2.24, 2.45) is 13.0 Å². The lowest BCUT2D eigenvalue weighted by atomic mass is 9.93. The van der Waals surface area contributed by atoms with Crippen LogP contribution in [0.1, 0.15) is 54.4 Å². The summed E-state index contributed by atoms with van der Waals surface area (Å²) in [5.41, 5.74) is 2.35. The fourth-order valence-corrected chi connectivity index (χ4v) is 3.62. The largest absolute Gasteiger partial charge is 0.339 e. The molecule has 134 valence electrons. The van der Waals surface area contributed by atoms with Crippen LogP contribution in [0.15, 0.2) is 29.2 Å². The summed E-state index contributed by atoms with van der Waals surface area (Å²) < 4.78 is 1.91. The lowest BCUT2D eigenvalue weighted by molar-refractivity contribution is 0.0711. The SMILES string of the molecule is CC(C)Cc1cc(C(=O)N2CCC(c3ccnn3C)CC2)cc(=O)[nH]1. The fraction of sp³-hybridized carbons (Fsp3) is 0.526. The van der Waals surface area contributed by atoms with Gasteiger partial charge < -0.3 is 9.88 Å². The first-order valence-electron chi connectivity index (χ1n) is 8.94. The third-order valence-electron chi connectivity index (χ3n) is 4.83. The predicted molar refractivity (Wildman–Crippen MR) is 96.7 cm³/mol. The van der Waals surface area contributed by atoms with Gasteiger partial charge in [0.25, 0.3) is 5.91 Å². The van der Waals surface area contributed by atoms with Crippen molar-refractivity contribution in [1.82, 2.24) is 19.7 Å². The number of aromatic nitrogens is 3. The zero-order chi connectivity index (χ0) is 18.0. The molecule has 2 aromatic heterocycles. The van der Waals surface area contributed by atoms with E-state index >= 15 is 0 Å². The van der Waals surface area contributed by atoms with Gasteiger partial charge >= 0.3 is 0 Å². The Labute approximate surface area is 147 Å². The van der Waals surface area contributed by atoms with Crippen LogP contribution in [0.5, 0.6) is 0 Å². The van der Waals surface area contributed by atoms with Crippen LogP contribution < -0.4 is 5.56 Å². The second-order valence-electron chi connectivity index (χ2n) is 7.30. The van der Waals surface area contributed by atoms with Gasteiger partial charge in [-0.1, -0.05) is 13.8 Å². The smallest absolute Gasteiger partial charge is 0.254 e. The fourth-order valence-electron chi connectivity index (χ4n) is 3.62. The summed E-state index contributed by atoms with van der Waals surface area (Å²) in [4.78, 5) is 29.4. The maximum Gasteiger partial charge on any atom is 0.254 e. The van der Waals surface area contributed by atoms with E-state index in [1.807, 2.05) is 28.9 Å². The molecule has 0 aromatic carbocycles. The van der Waals surface area contributed by atoms with Crippen molar-refractivity contribution in [1.29, 1.82) is 0 Å². The molecule has 1 fully saturated rings. The molecule has 6 heteroatoms. The lowest BCUT2D eigenvalue weighted by Crippen LogP contribution is -2.38. The number of rotatable bonds is 4. The van der Waals surface area contributed by atoms with Gasteiger partial charge in [-0.3, -0.25) is 14.3 Å². The highest BCUT2D eigenvalue weighted by atomic mass is 16.2. The summed E-state index contributed by atoms with van der Waals surface area (Å²) >= 11 is 0. The molecule has 2 aromatic rings. The Bertz CT molecular complexity index is 798. The van der Waals surface area contributed by atoms with E-state index in [9.17, 15) is 9.59 Å². The minimum Gasteiger partial charge on any atom is -0.339 e. The zero-order valence-corrected chi connectivity index (χ0v) is 15.2. The topological polar surface area (TPSA) is 71.0 Å². The van der Waals surface area contributed by atoms with E-state index in [2.05, 4.69) is 30.0 Å². The van der Waals surface area contributed by atoms with Crippen LogP contribution in [0, 0.1) is 5.92 Å². The van der Waals surface area contributed by atoms with Crippen LogP contribution in [-0.4, -0.2) is 38.7 Å². The number of aryl methyl sites for hydroxylation is 1. The number of H-pyrrole nitrogens is 1. The van der Waals surface area contributed by atoms with E-state index in [1.54, 1.807) is 0 Å². The van der Waals surface area contributed by atoms with Gasteiger partial charge in [0.05, 0.1) is 0 Å². The Morgan fingerprint density at radius 3 is 2.64 bits per heavy atom. The first kappa shape index (κ1) is 17.5. The molecule has 25 heavy (non-hydrogen) atoms. The molecule has 0 spiro atoms. The number of piperidine rings is 1. The van der Waals surface area contributed by atoms with Crippen LogP contribution in [0.2, 0.25) is 0 Å². The van der Waals surface area contributed by atoms with Gasteiger partial charge in [-0.15, -0.1) is 0 Å². The Kier molecular flexibility index (Phi) is 5.06. The number of carbonyl (C=O) groups excluding carboxylic acids is 1. The van der Waals surface area contributed by atoms with Gasteiger partial charge in [-0.25, -0.2) is 0 Å². The summed E-state index contributed by atoms with van der Waals surface area (Å²) in [5, 5.41) is 4.23. The van der Waals surface area contributed by atoms with Gasteiger partial charge in [-0.2, -0.15) is 5.10 Å². The first-order valence-corrected chi connectivity index (χ1v) is 8.94. The number of nitrogens with one attached hydrogen (secondary N) is 1. The van der Waals surface area contributed by atoms with Gasteiger partial charge in [0, 0.05) is 55.3 Å². The van der Waals surface area contributed by atoms with E-state index < -0.39 is 0 Å². The van der Waals surface area contributed by atoms with Crippen molar-refractivity contribution >= 4 is 5.91 Å². The molecule has 1 aliphatic heterocycles. The number of hydrogen-bond acceptors (Lipinski definition) is 3. The molecule has 1 amide bonds. The Balaban J connectivity index is 1.69. The highest BCUT2D eigenvalue weighted by molar-refractivity contribution is 5.94. The number of carbonyl (C=O) groups is 1. The third-order valence-corrected chi connectivity index (χ3v) is 4.83. The molecule has 1 saturated heterocycles. The molecule has 3 rings (SSSR count). The quantitative estimate of drug-likeness (QED) is 0.927. The van der Waals surface area contributed by atoms with E-state index in [1.165, 1.54) is 11.8 Å². The summed E-state index contributed by atoms with van der Waals surface area (Å²) in [5.74, 6) is 0.822. The number of pyridine rings is 1. The number of likely N-dealkylation sites (tertiary alicyclic amines) is 1. The molecule has 0 aliphatic carbocycles. The molecule has 0 atom stereocenters. The summed E-state index contributed by atoms with van der Waals surface area (Å²) in [6.07, 6.45) is 4.43. The second kappa shape index (κ2) is 7.25. The van der Waals surface area contributed by atoms with E-state index in [0.29, 0.717) is 30.5 Å². The van der Waals surface area contributed by atoms with Crippen molar-refractivity contribution < 1.29 is 4.79 Å². The van der Waals surface area contributed by atoms with Crippen molar-refractivity contribution in [3.8, 4) is 0 Å². The van der Waals surface area contributed by atoms with E-state index in [4.69, 9.17) is 0 Å². The van der Waals surface area contributed by atoms with Crippen LogP contribution in [0.25, 0.3) is 0 Å². The average Bonchev–Trinajstić information content (AvgIpc) is 2.99. The maximum absolute atomic E-state index is 12.8. The minimum atomic E-state index is -0.203. The predicted octanol–water partition coefficient (Wildman–Crippen LogP) is 2.33. The Morgan fingerprint density at radius 1 is 1.32 bits per heavy atom. The van der Waals surface area contributed by atoms with Crippen molar-refractivity contribution in [2.45, 2.75) is 39.0 Å². The van der Waals surface area contributed by atoms with Crippen LogP contribution >= 0.6 is 0 Å². The van der Waals surface area contributed by atoms with Gasteiger partial charge in [0.2, 0.25) is 5.56 Å². The van der Waals surface area contributed by atoms with Crippen molar-refractivity contribution in [3.63, 3.8) is 0 Å². The molecule has 1 N–H and O–H groups in total. The van der Waals surface area contributed by atoms with Crippen molar-refractivity contribution in [3.05, 3.63) is 51.7 Å². The van der Waals surface area contributed by atoms with E-state index in [0.717, 1.165) is 25.0 Å². The number of nitrogens with zero attached hydrogens (tertiary/aromatic N) is 3. The van der Waals surface area contributed by atoms with E-state index in [-0.39, 0.29) is 11.5 Å². The molecule has 1 aliphatic rings. The molecule has 0 bridgehead atoms. The number of hydrogen-bond donors (Lipinski definition) is 1. The number of amides is 1. The van der Waals surface area contributed by atoms with Crippen LogP contribution in [0.4, 0.5) is 0 Å². The molecule has 0 saturated carbocycles.